The molecule has 1 nitrogen and oxygen atoms in total. The molecule has 58 valence electrons. The van der Waals surface area contributed by atoms with Gasteiger partial charge in [-0.3, -0.25) is 0 Å². The second-order valence-corrected chi connectivity index (χ2v) is 4.24. The minimum atomic E-state index is 0.886. The van der Waals surface area contributed by atoms with Crippen LogP contribution in [0.25, 0.3) is 0 Å². The molecule has 1 heteroatoms. The lowest BCUT2D eigenvalue weighted by molar-refractivity contribution is 0.269. The van der Waals surface area contributed by atoms with Crippen molar-refractivity contribution in [2.24, 2.45) is 17.8 Å². The predicted octanol–water partition coefficient (Wildman–Crippen LogP) is 1.64. The highest BCUT2D eigenvalue weighted by atomic mass is 15.0. The van der Waals surface area contributed by atoms with Crippen LogP contribution in [0.15, 0.2) is 0 Å². The van der Waals surface area contributed by atoms with E-state index in [0.717, 1.165) is 23.8 Å². The molecule has 0 aromatic carbocycles. The Balaban J connectivity index is 2.02. The van der Waals surface area contributed by atoms with Crippen LogP contribution in [0.5, 0.6) is 0 Å². The van der Waals surface area contributed by atoms with Crippen molar-refractivity contribution < 1.29 is 0 Å². The topological polar surface area (TPSA) is 12.0 Å². The van der Waals surface area contributed by atoms with Crippen LogP contribution < -0.4 is 5.32 Å². The fourth-order valence-electron chi connectivity index (χ4n) is 2.69. The van der Waals surface area contributed by atoms with Gasteiger partial charge in [-0.05, 0) is 37.1 Å². The summed E-state index contributed by atoms with van der Waals surface area (Å²) < 4.78 is 0. The second kappa shape index (κ2) is 2.23. The van der Waals surface area contributed by atoms with Crippen LogP contribution in [-0.4, -0.2) is 12.6 Å². The van der Waals surface area contributed by atoms with E-state index in [1.54, 1.807) is 0 Å². The van der Waals surface area contributed by atoms with Crippen LogP contribution >= 0.6 is 0 Å². The van der Waals surface area contributed by atoms with Crippen molar-refractivity contribution in [3.05, 3.63) is 0 Å². The normalized spacial score (nSPS) is 45.3. The molecule has 1 N–H and O–H groups in total. The molecule has 2 rings (SSSR count). The molecule has 2 bridgehead atoms. The zero-order valence-corrected chi connectivity index (χ0v) is 6.93. The second-order valence-electron chi connectivity index (χ2n) is 4.24. The SMILES string of the molecule is CC(C)C1C[C@@H]2CC1CN2. The number of nitrogens with one attached hydrogen (secondary N) is 1. The van der Waals surface area contributed by atoms with Crippen LogP contribution in [0.4, 0.5) is 0 Å². The Kier molecular flexibility index (Phi) is 1.48. The van der Waals surface area contributed by atoms with Crippen molar-refractivity contribution in [2.45, 2.75) is 32.7 Å². The van der Waals surface area contributed by atoms with Gasteiger partial charge in [0.15, 0.2) is 0 Å². The molecule has 1 saturated heterocycles. The summed E-state index contributed by atoms with van der Waals surface area (Å²) in [5.41, 5.74) is 0. The Morgan fingerprint density at radius 3 is 2.40 bits per heavy atom. The molecule has 1 saturated carbocycles. The van der Waals surface area contributed by atoms with Gasteiger partial charge in [-0.1, -0.05) is 13.8 Å². The van der Waals surface area contributed by atoms with Gasteiger partial charge in [0.25, 0.3) is 0 Å². The Hall–Kier alpha value is -0.0400. The van der Waals surface area contributed by atoms with E-state index in [-0.39, 0.29) is 0 Å². The van der Waals surface area contributed by atoms with Crippen LogP contribution in [-0.2, 0) is 0 Å². The highest BCUT2D eigenvalue weighted by Gasteiger charge is 2.40. The molecule has 1 aliphatic heterocycles. The molecule has 2 unspecified atom stereocenters. The van der Waals surface area contributed by atoms with Crippen LogP contribution in [0, 0.1) is 17.8 Å². The maximum absolute atomic E-state index is 3.54. The zero-order valence-electron chi connectivity index (χ0n) is 6.93. The Morgan fingerprint density at radius 1 is 1.30 bits per heavy atom. The third-order valence-electron chi connectivity index (χ3n) is 3.27. The minimum absolute atomic E-state index is 0.886. The largest absolute Gasteiger partial charge is 0.314 e. The van der Waals surface area contributed by atoms with Crippen molar-refractivity contribution in [2.75, 3.05) is 6.54 Å². The van der Waals surface area contributed by atoms with E-state index in [1.165, 1.54) is 19.4 Å². The Morgan fingerprint density at radius 2 is 2.10 bits per heavy atom. The number of rotatable bonds is 1. The summed E-state index contributed by atoms with van der Waals surface area (Å²) in [5, 5.41) is 3.54. The highest BCUT2D eigenvalue weighted by Crippen LogP contribution is 2.40. The summed E-state index contributed by atoms with van der Waals surface area (Å²) in [6, 6.07) is 0.886. The average Bonchev–Trinajstić information content (AvgIpc) is 2.44. The van der Waals surface area contributed by atoms with Gasteiger partial charge in [-0.2, -0.15) is 0 Å². The van der Waals surface area contributed by atoms with E-state index in [4.69, 9.17) is 0 Å². The van der Waals surface area contributed by atoms with E-state index < -0.39 is 0 Å². The van der Waals surface area contributed by atoms with Crippen LogP contribution in [0.1, 0.15) is 26.7 Å². The molecule has 0 radical (unpaired) electrons. The third-order valence-corrected chi connectivity index (χ3v) is 3.27. The highest BCUT2D eigenvalue weighted by molar-refractivity contribution is 4.95. The average molecular weight is 139 g/mol. The summed E-state index contributed by atoms with van der Waals surface area (Å²) in [6.45, 7) is 6.03. The molecule has 10 heavy (non-hydrogen) atoms. The van der Waals surface area contributed by atoms with Crippen molar-refractivity contribution in [1.82, 2.24) is 5.32 Å². The lowest BCUT2D eigenvalue weighted by atomic mass is 9.85. The molecule has 0 aromatic rings. The zero-order chi connectivity index (χ0) is 7.14. The minimum Gasteiger partial charge on any atom is -0.314 e. The molecular weight excluding hydrogens is 122 g/mol. The molecule has 1 heterocycles. The smallest absolute Gasteiger partial charge is 0.00732 e. The maximum Gasteiger partial charge on any atom is 0.00732 e. The molecule has 0 amide bonds. The molecule has 2 fully saturated rings. The molecule has 3 atom stereocenters. The Labute approximate surface area is 63.2 Å². The molecule has 0 aromatic heterocycles. The molecular formula is C9H17N. The summed E-state index contributed by atoms with van der Waals surface area (Å²) >= 11 is 0. The number of fused-ring (bicyclic) bond motifs is 2. The molecule has 1 aliphatic carbocycles. The quantitative estimate of drug-likeness (QED) is 0.582. The van der Waals surface area contributed by atoms with E-state index in [9.17, 15) is 0 Å². The van der Waals surface area contributed by atoms with Crippen LogP contribution in [0.3, 0.4) is 0 Å². The van der Waals surface area contributed by atoms with E-state index in [1.807, 2.05) is 0 Å². The van der Waals surface area contributed by atoms with Gasteiger partial charge in [0.1, 0.15) is 0 Å². The molecule has 0 spiro atoms. The molecule has 2 aliphatic rings. The van der Waals surface area contributed by atoms with Gasteiger partial charge in [-0.15, -0.1) is 0 Å². The van der Waals surface area contributed by atoms with Gasteiger partial charge < -0.3 is 5.32 Å². The van der Waals surface area contributed by atoms with Crippen molar-refractivity contribution in [1.29, 1.82) is 0 Å². The monoisotopic (exact) mass is 139 g/mol. The lowest BCUT2D eigenvalue weighted by Crippen LogP contribution is -2.31. The van der Waals surface area contributed by atoms with Crippen molar-refractivity contribution >= 4 is 0 Å². The van der Waals surface area contributed by atoms with Crippen LogP contribution in [0.2, 0.25) is 0 Å². The van der Waals surface area contributed by atoms with Crippen molar-refractivity contribution in [3.63, 3.8) is 0 Å². The van der Waals surface area contributed by atoms with Gasteiger partial charge in [0.05, 0.1) is 0 Å². The standard InChI is InChI=1S/C9H17N/c1-6(2)9-4-8-3-7(9)5-10-8/h6-10H,3-5H2,1-2H3/t7?,8-,9?/m0/s1. The lowest BCUT2D eigenvalue weighted by Gasteiger charge is -2.25. The fourth-order valence-corrected chi connectivity index (χ4v) is 2.69. The van der Waals surface area contributed by atoms with Gasteiger partial charge in [0, 0.05) is 6.04 Å². The first-order chi connectivity index (χ1) is 4.77. The maximum atomic E-state index is 3.54. The van der Waals surface area contributed by atoms with E-state index in [2.05, 4.69) is 19.2 Å². The first-order valence-corrected chi connectivity index (χ1v) is 4.50. The van der Waals surface area contributed by atoms with Gasteiger partial charge >= 0.3 is 0 Å². The predicted molar refractivity (Wildman–Crippen MR) is 42.8 cm³/mol. The number of hydrogen-bond acceptors (Lipinski definition) is 1. The first-order valence-electron chi connectivity index (χ1n) is 4.50. The third kappa shape index (κ3) is 0.878. The number of piperidine rings is 1. The summed E-state index contributed by atoms with van der Waals surface area (Å²) in [7, 11) is 0. The van der Waals surface area contributed by atoms with Gasteiger partial charge in [-0.25, -0.2) is 0 Å². The number of hydrogen-bond donors (Lipinski definition) is 1. The van der Waals surface area contributed by atoms with Gasteiger partial charge in [0.2, 0.25) is 0 Å². The fraction of sp³-hybridized carbons (Fsp3) is 1.00. The summed E-state index contributed by atoms with van der Waals surface area (Å²) in [5.74, 6) is 2.97. The summed E-state index contributed by atoms with van der Waals surface area (Å²) in [4.78, 5) is 0. The Bertz CT molecular complexity index is 131. The van der Waals surface area contributed by atoms with E-state index >= 15 is 0 Å². The first kappa shape index (κ1) is 6.66. The van der Waals surface area contributed by atoms with E-state index in [0.29, 0.717) is 0 Å². The summed E-state index contributed by atoms with van der Waals surface area (Å²) in [6.07, 6.45) is 2.91. The van der Waals surface area contributed by atoms with Crippen molar-refractivity contribution in [3.8, 4) is 0 Å².